The summed E-state index contributed by atoms with van der Waals surface area (Å²) in [5.41, 5.74) is 0.822. The van der Waals surface area contributed by atoms with Crippen molar-refractivity contribution in [3.05, 3.63) is 29.6 Å². The normalized spacial score (nSPS) is 11.4. The van der Waals surface area contributed by atoms with Crippen molar-refractivity contribution >= 4 is 5.91 Å². The average Bonchev–Trinajstić information content (AvgIpc) is 2.45. The topological polar surface area (TPSA) is 32.8 Å². The summed E-state index contributed by atoms with van der Waals surface area (Å²) >= 11 is 0. The maximum absolute atomic E-state index is 13.8. The van der Waals surface area contributed by atoms with Gasteiger partial charge in [-0.2, -0.15) is 0 Å². The molecule has 1 amide bonds. The van der Waals surface area contributed by atoms with Crippen molar-refractivity contribution in [3.63, 3.8) is 0 Å². The Bertz CT molecular complexity index is 522. The highest BCUT2D eigenvalue weighted by molar-refractivity contribution is 5.78. The van der Waals surface area contributed by atoms with E-state index >= 15 is 0 Å². The quantitative estimate of drug-likeness (QED) is 0.692. The maximum atomic E-state index is 13.8. The Labute approximate surface area is 145 Å². The SMILES string of the molecule is COc1ccc(CN(C)CC(=O)N(CC(C)C)CC(C)C)cc1F. The minimum atomic E-state index is -0.379. The van der Waals surface area contributed by atoms with E-state index in [0.29, 0.717) is 24.9 Å². The first-order valence-corrected chi connectivity index (χ1v) is 8.51. The minimum Gasteiger partial charge on any atom is -0.494 e. The van der Waals surface area contributed by atoms with E-state index in [9.17, 15) is 9.18 Å². The summed E-state index contributed by atoms with van der Waals surface area (Å²) in [6, 6.07) is 4.90. The molecule has 0 N–H and O–H groups in total. The summed E-state index contributed by atoms with van der Waals surface area (Å²) in [6.07, 6.45) is 0. The number of benzene rings is 1. The van der Waals surface area contributed by atoms with Crippen molar-refractivity contribution in [3.8, 4) is 5.75 Å². The van der Waals surface area contributed by atoms with E-state index in [1.54, 1.807) is 6.07 Å². The molecule has 0 radical (unpaired) electrons. The lowest BCUT2D eigenvalue weighted by molar-refractivity contribution is -0.133. The summed E-state index contributed by atoms with van der Waals surface area (Å²) in [4.78, 5) is 16.4. The number of hydrogen-bond donors (Lipinski definition) is 0. The fraction of sp³-hybridized carbons (Fsp3) is 0.632. The van der Waals surface area contributed by atoms with Crippen LogP contribution in [0.1, 0.15) is 33.3 Å². The minimum absolute atomic E-state index is 0.119. The van der Waals surface area contributed by atoms with Crippen LogP contribution in [0.15, 0.2) is 18.2 Å². The Balaban J connectivity index is 2.65. The lowest BCUT2D eigenvalue weighted by atomic mass is 10.1. The molecule has 0 saturated heterocycles. The third-order valence-electron chi connectivity index (χ3n) is 3.60. The lowest BCUT2D eigenvalue weighted by Gasteiger charge is -2.28. The number of carbonyl (C=O) groups excluding carboxylic acids is 1. The van der Waals surface area contributed by atoms with Gasteiger partial charge < -0.3 is 9.64 Å². The van der Waals surface area contributed by atoms with Crippen molar-refractivity contribution in [2.45, 2.75) is 34.2 Å². The molecule has 1 aromatic carbocycles. The molecule has 0 spiro atoms. The molecule has 0 aliphatic heterocycles. The molecule has 0 fully saturated rings. The highest BCUT2D eigenvalue weighted by atomic mass is 19.1. The van der Waals surface area contributed by atoms with Gasteiger partial charge in [0.15, 0.2) is 11.6 Å². The van der Waals surface area contributed by atoms with E-state index in [2.05, 4.69) is 27.7 Å². The van der Waals surface area contributed by atoms with E-state index in [0.717, 1.165) is 18.7 Å². The highest BCUT2D eigenvalue weighted by Crippen LogP contribution is 2.18. The number of likely N-dealkylation sites (N-methyl/N-ethyl adjacent to an activating group) is 1. The first-order valence-electron chi connectivity index (χ1n) is 8.51. The fourth-order valence-electron chi connectivity index (χ4n) is 2.67. The van der Waals surface area contributed by atoms with Gasteiger partial charge in [-0.3, -0.25) is 9.69 Å². The fourth-order valence-corrected chi connectivity index (χ4v) is 2.67. The van der Waals surface area contributed by atoms with Crippen LogP contribution in [0.4, 0.5) is 4.39 Å². The van der Waals surface area contributed by atoms with E-state index < -0.39 is 0 Å². The van der Waals surface area contributed by atoms with Crippen molar-refractivity contribution in [1.82, 2.24) is 9.80 Å². The van der Waals surface area contributed by atoms with Gasteiger partial charge in [0.25, 0.3) is 0 Å². The van der Waals surface area contributed by atoms with Crippen LogP contribution in [0.5, 0.6) is 5.75 Å². The molecule has 1 aromatic rings. The molecule has 136 valence electrons. The summed E-state index contributed by atoms with van der Waals surface area (Å²) in [5.74, 6) is 0.852. The number of ether oxygens (including phenoxy) is 1. The lowest BCUT2D eigenvalue weighted by Crippen LogP contribution is -2.42. The maximum Gasteiger partial charge on any atom is 0.236 e. The highest BCUT2D eigenvalue weighted by Gasteiger charge is 2.18. The van der Waals surface area contributed by atoms with Crippen molar-refractivity contribution in [2.75, 3.05) is 33.8 Å². The first kappa shape index (κ1) is 20.4. The second-order valence-electron chi connectivity index (χ2n) is 7.23. The summed E-state index contributed by atoms with van der Waals surface area (Å²) in [5, 5.41) is 0. The van der Waals surface area contributed by atoms with Crippen molar-refractivity contribution in [2.24, 2.45) is 11.8 Å². The summed E-state index contributed by atoms with van der Waals surface area (Å²) < 4.78 is 18.7. The zero-order valence-corrected chi connectivity index (χ0v) is 15.8. The predicted octanol–water partition coefficient (Wildman–Crippen LogP) is 3.41. The number of nitrogens with zero attached hydrogens (tertiary/aromatic N) is 2. The third kappa shape index (κ3) is 6.87. The number of amides is 1. The van der Waals surface area contributed by atoms with Gasteiger partial charge in [-0.15, -0.1) is 0 Å². The second kappa shape index (κ2) is 9.62. The van der Waals surface area contributed by atoms with Crippen molar-refractivity contribution in [1.29, 1.82) is 0 Å². The van der Waals surface area contributed by atoms with Crippen LogP contribution in [0.2, 0.25) is 0 Å². The van der Waals surface area contributed by atoms with Gasteiger partial charge in [-0.1, -0.05) is 33.8 Å². The molecule has 24 heavy (non-hydrogen) atoms. The van der Waals surface area contributed by atoms with Crippen LogP contribution in [-0.4, -0.2) is 49.5 Å². The Morgan fingerprint density at radius 3 is 2.21 bits per heavy atom. The molecule has 0 heterocycles. The molecule has 1 rings (SSSR count). The van der Waals surface area contributed by atoms with Gasteiger partial charge in [-0.25, -0.2) is 4.39 Å². The molecule has 0 saturated carbocycles. The van der Waals surface area contributed by atoms with Crippen LogP contribution >= 0.6 is 0 Å². The van der Waals surface area contributed by atoms with Gasteiger partial charge in [0.1, 0.15) is 0 Å². The largest absolute Gasteiger partial charge is 0.494 e. The van der Waals surface area contributed by atoms with E-state index in [-0.39, 0.29) is 17.5 Å². The van der Waals surface area contributed by atoms with Gasteiger partial charge in [0.05, 0.1) is 13.7 Å². The standard InChI is InChI=1S/C19H31FN2O2/c1-14(2)10-22(11-15(3)4)19(23)13-21(5)12-16-7-8-18(24-6)17(20)9-16/h7-9,14-15H,10-13H2,1-6H3. The van der Waals surface area contributed by atoms with E-state index in [1.807, 2.05) is 22.9 Å². The average molecular weight is 338 g/mol. The number of methoxy groups -OCH3 is 1. The molecular formula is C19H31FN2O2. The molecule has 0 atom stereocenters. The number of hydrogen-bond acceptors (Lipinski definition) is 3. The zero-order valence-electron chi connectivity index (χ0n) is 15.8. The van der Waals surface area contributed by atoms with Crippen molar-refractivity contribution < 1.29 is 13.9 Å². The smallest absolute Gasteiger partial charge is 0.236 e. The van der Waals surface area contributed by atoms with Gasteiger partial charge >= 0.3 is 0 Å². The molecule has 0 aliphatic rings. The Morgan fingerprint density at radius 2 is 1.75 bits per heavy atom. The van der Waals surface area contributed by atoms with Crippen LogP contribution in [-0.2, 0) is 11.3 Å². The summed E-state index contributed by atoms with van der Waals surface area (Å²) in [7, 11) is 3.32. The third-order valence-corrected chi connectivity index (χ3v) is 3.60. The van der Waals surface area contributed by atoms with Gasteiger partial charge in [-0.05, 0) is 36.6 Å². The van der Waals surface area contributed by atoms with Crippen LogP contribution < -0.4 is 4.74 Å². The van der Waals surface area contributed by atoms with Gasteiger partial charge in [0, 0.05) is 19.6 Å². The molecule has 4 nitrogen and oxygen atoms in total. The second-order valence-corrected chi connectivity index (χ2v) is 7.23. The van der Waals surface area contributed by atoms with Crippen LogP contribution in [0.3, 0.4) is 0 Å². The molecule has 0 aliphatic carbocycles. The molecule has 0 bridgehead atoms. The molecule has 5 heteroatoms. The Hall–Kier alpha value is -1.62. The monoisotopic (exact) mass is 338 g/mol. The molecule has 0 unspecified atom stereocenters. The van der Waals surface area contributed by atoms with E-state index in [1.165, 1.54) is 13.2 Å². The summed E-state index contributed by atoms with van der Waals surface area (Å²) in [6.45, 7) is 10.8. The molecular weight excluding hydrogens is 307 g/mol. The Morgan fingerprint density at radius 1 is 1.17 bits per heavy atom. The zero-order chi connectivity index (χ0) is 18.3. The predicted molar refractivity (Wildman–Crippen MR) is 95.5 cm³/mol. The Kier molecular flexibility index (Phi) is 8.19. The number of halogens is 1. The first-order chi connectivity index (χ1) is 11.2. The van der Waals surface area contributed by atoms with Crippen LogP contribution in [0, 0.1) is 17.7 Å². The van der Waals surface area contributed by atoms with Crippen LogP contribution in [0.25, 0.3) is 0 Å². The van der Waals surface area contributed by atoms with Gasteiger partial charge in [0.2, 0.25) is 5.91 Å². The molecule has 0 aromatic heterocycles. The van der Waals surface area contributed by atoms with E-state index in [4.69, 9.17) is 4.74 Å². The number of carbonyl (C=O) groups is 1. The number of rotatable bonds is 9.